The molecule has 7 nitrogen and oxygen atoms in total. The highest BCUT2D eigenvalue weighted by molar-refractivity contribution is 5.74. The summed E-state index contributed by atoms with van der Waals surface area (Å²) < 4.78 is 10.9. The van der Waals surface area contributed by atoms with Crippen molar-refractivity contribution < 1.29 is 19.1 Å². The Bertz CT molecular complexity index is 1150. The standard InChI is InChI=1S/C29H31N3O4/c33-28(19-22-11-13-24(14-12-22)23-7-3-1-4-8-23)35-21-27-26(30-29(34)36-27)20-31-15-17-32(18-16-31)25-9-5-2-6-10-25/h1-14,26-27H,15-21H2,(H,30,34)/t26-,27-/m1/s1. The van der Waals surface area contributed by atoms with Crippen LogP contribution in [0, 0.1) is 0 Å². The summed E-state index contributed by atoms with van der Waals surface area (Å²) in [6, 6.07) is 28.2. The molecule has 2 aliphatic heterocycles. The molecule has 3 aromatic rings. The van der Waals surface area contributed by atoms with Crippen molar-refractivity contribution in [3.05, 3.63) is 90.5 Å². The molecule has 2 aliphatic rings. The van der Waals surface area contributed by atoms with E-state index in [0.29, 0.717) is 6.54 Å². The lowest BCUT2D eigenvalue weighted by Crippen LogP contribution is -2.52. The van der Waals surface area contributed by atoms with Gasteiger partial charge in [0, 0.05) is 38.4 Å². The predicted octanol–water partition coefficient (Wildman–Crippen LogP) is 3.74. The van der Waals surface area contributed by atoms with Gasteiger partial charge in [0.2, 0.25) is 0 Å². The third kappa shape index (κ3) is 6.04. The molecule has 0 saturated carbocycles. The molecular formula is C29H31N3O4. The van der Waals surface area contributed by atoms with Gasteiger partial charge in [-0.2, -0.15) is 0 Å². The highest BCUT2D eigenvalue weighted by atomic mass is 16.6. The van der Waals surface area contributed by atoms with Crippen LogP contribution in [-0.4, -0.2) is 68.4 Å². The highest BCUT2D eigenvalue weighted by Crippen LogP contribution is 2.20. The fraction of sp³-hybridized carbons (Fsp3) is 0.310. The van der Waals surface area contributed by atoms with E-state index in [4.69, 9.17) is 9.47 Å². The van der Waals surface area contributed by atoms with Crippen LogP contribution in [0.25, 0.3) is 11.1 Å². The summed E-state index contributed by atoms with van der Waals surface area (Å²) >= 11 is 0. The van der Waals surface area contributed by atoms with E-state index in [2.05, 4.69) is 51.5 Å². The lowest BCUT2D eigenvalue weighted by molar-refractivity contribution is -0.145. The maximum atomic E-state index is 12.5. The number of ether oxygens (including phenoxy) is 2. The molecule has 186 valence electrons. The van der Waals surface area contributed by atoms with E-state index in [-0.39, 0.29) is 25.0 Å². The lowest BCUT2D eigenvalue weighted by Gasteiger charge is -2.37. The zero-order valence-electron chi connectivity index (χ0n) is 20.2. The van der Waals surface area contributed by atoms with Crippen molar-refractivity contribution in [1.29, 1.82) is 0 Å². The third-order valence-corrected chi connectivity index (χ3v) is 6.78. The smallest absolute Gasteiger partial charge is 0.408 e. The van der Waals surface area contributed by atoms with Gasteiger partial charge in [0.05, 0.1) is 12.5 Å². The first kappa shape index (κ1) is 23.9. The Morgan fingerprint density at radius 1 is 0.861 bits per heavy atom. The number of piperazine rings is 1. The second kappa shape index (κ2) is 11.3. The second-order valence-corrected chi connectivity index (χ2v) is 9.24. The Kier molecular flexibility index (Phi) is 7.47. The van der Waals surface area contributed by atoms with Gasteiger partial charge in [-0.25, -0.2) is 4.79 Å². The molecule has 0 spiro atoms. The summed E-state index contributed by atoms with van der Waals surface area (Å²) in [4.78, 5) is 29.1. The molecule has 2 saturated heterocycles. The number of nitrogens with one attached hydrogen (secondary N) is 1. The number of nitrogens with zero attached hydrogens (tertiary/aromatic N) is 2. The molecule has 0 aliphatic carbocycles. The predicted molar refractivity (Wildman–Crippen MR) is 139 cm³/mol. The fourth-order valence-corrected chi connectivity index (χ4v) is 4.76. The number of cyclic esters (lactones) is 1. The normalized spacial score (nSPS) is 20.0. The fourth-order valence-electron chi connectivity index (χ4n) is 4.76. The minimum absolute atomic E-state index is 0.0499. The number of anilines is 1. The topological polar surface area (TPSA) is 71.1 Å². The first-order chi connectivity index (χ1) is 17.6. The number of carbonyl (C=O) groups is 2. The number of carbonyl (C=O) groups excluding carboxylic acids is 2. The van der Waals surface area contributed by atoms with Crippen LogP contribution in [-0.2, 0) is 20.7 Å². The van der Waals surface area contributed by atoms with Crippen molar-refractivity contribution in [1.82, 2.24) is 10.2 Å². The quantitative estimate of drug-likeness (QED) is 0.490. The van der Waals surface area contributed by atoms with Crippen LogP contribution in [0.2, 0.25) is 0 Å². The van der Waals surface area contributed by atoms with Crippen molar-refractivity contribution in [3.63, 3.8) is 0 Å². The van der Waals surface area contributed by atoms with Crippen molar-refractivity contribution >= 4 is 17.7 Å². The number of rotatable bonds is 8. The zero-order chi connectivity index (χ0) is 24.7. The van der Waals surface area contributed by atoms with Gasteiger partial charge in [-0.1, -0.05) is 72.8 Å². The van der Waals surface area contributed by atoms with Crippen molar-refractivity contribution in [2.75, 3.05) is 44.2 Å². The van der Waals surface area contributed by atoms with Gasteiger partial charge in [0.1, 0.15) is 6.61 Å². The van der Waals surface area contributed by atoms with Gasteiger partial charge in [0.25, 0.3) is 0 Å². The number of para-hydroxylation sites is 1. The van der Waals surface area contributed by atoms with Crippen LogP contribution in [0.15, 0.2) is 84.9 Å². The van der Waals surface area contributed by atoms with Gasteiger partial charge in [-0.05, 0) is 28.8 Å². The van der Waals surface area contributed by atoms with Crippen LogP contribution < -0.4 is 10.2 Å². The van der Waals surface area contributed by atoms with Crippen molar-refractivity contribution in [3.8, 4) is 11.1 Å². The number of amides is 1. The van der Waals surface area contributed by atoms with E-state index in [9.17, 15) is 9.59 Å². The third-order valence-electron chi connectivity index (χ3n) is 6.78. The molecule has 2 fully saturated rings. The van der Waals surface area contributed by atoms with E-state index in [1.165, 1.54) is 5.69 Å². The van der Waals surface area contributed by atoms with E-state index < -0.39 is 12.2 Å². The molecule has 1 N–H and O–H groups in total. The Balaban J connectivity index is 1.08. The van der Waals surface area contributed by atoms with Gasteiger partial charge < -0.3 is 19.7 Å². The first-order valence-electron chi connectivity index (χ1n) is 12.4. The van der Waals surface area contributed by atoms with Crippen LogP contribution >= 0.6 is 0 Å². The van der Waals surface area contributed by atoms with Crippen LogP contribution in [0.3, 0.4) is 0 Å². The molecule has 3 aromatic carbocycles. The molecule has 0 bridgehead atoms. The van der Waals surface area contributed by atoms with E-state index in [0.717, 1.165) is 42.9 Å². The van der Waals surface area contributed by atoms with Crippen LogP contribution in [0.1, 0.15) is 5.56 Å². The Morgan fingerprint density at radius 3 is 2.19 bits per heavy atom. The summed E-state index contributed by atoms with van der Waals surface area (Å²) in [7, 11) is 0. The minimum Gasteiger partial charge on any atom is -0.461 e. The molecule has 0 aromatic heterocycles. The molecule has 36 heavy (non-hydrogen) atoms. The maximum Gasteiger partial charge on any atom is 0.408 e. The molecule has 0 radical (unpaired) electrons. The van der Waals surface area contributed by atoms with Crippen LogP contribution in [0.4, 0.5) is 10.5 Å². The van der Waals surface area contributed by atoms with Gasteiger partial charge >= 0.3 is 12.1 Å². The van der Waals surface area contributed by atoms with Gasteiger partial charge in [-0.15, -0.1) is 0 Å². The summed E-state index contributed by atoms with van der Waals surface area (Å²) in [5, 5.41) is 2.88. The summed E-state index contributed by atoms with van der Waals surface area (Å²) in [6.45, 7) is 4.36. The number of hydrogen-bond acceptors (Lipinski definition) is 6. The van der Waals surface area contributed by atoms with E-state index in [1.54, 1.807) is 0 Å². The Labute approximate surface area is 211 Å². The average Bonchev–Trinajstić information content (AvgIpc) is 3.28. The van der Waals surface area contributed by atoms with E-state index >= 15 is 0 Å². The summed E-state index contributed by atoms with van der Waals surface area (Å²) in [6.07, 6.45) is -0.774. The molecule has 0 unspecified atom stereocenters. The Morgan fingerprint density at radius 2 is 1.50 bits per heavy atom. The Hall–Kier alpha value is -3.84. The number of hydrogen-bond donors (Lipinski definition) is 1. The van der Waals surface area contributed by atoms with Gasteiger partial charge in [0.15, 0.2) is 6.10 Å². The molecule has 2 heterocycles. The van der Waals surface area contributed by atoms with Crippen molar-refractivity contribution in [2.45, 2.75) is 18.6 Å². The number of alkyl carbamates (subject to hydrolysis) is 1. The highest BCUT2D eigenvalue weighted by Gasteiger charge is 2.36. The lowest BCUT2D eigenvalue weighted by atomic mass is 10.0. The summed E-state index contributed by atoms with van der Waals surface area (Å²) in [5.74, 6) is -0.333. The zero-order valence-corrected chi connectivity index (χ0v) is 20.2. The number of benzene rings is 3. The summed E-state index contributed by atoms with van der Waals surface area (Å²) in [5.41, 5.74) is 4.35. The van der Waals surface area contributed by atoms with Crippen LogP contribution in [0.5, 0.6) is 0 Å². The number of esters is 1. The molecule has 2 atom stereocenters. The molecular weight excluding hydrogens is 454 g/mol. The monoisotopic (exact) mass is 485 g/mol. The maximum absolute atomic E-state index is 12.5. The largest absolute Gasteiger partial charge is 0.461 e. The second-order valence-electron chi connectivity index (χ2n) is 9.24. The molecule has 1 amide bonds. The van der Waals surface area contributed by atoms with Gasteiger partial charge in [-0.3, -0.25) is 9.69 Å². The SMILES string of the molecule is O=C(Cc1ccc(-c2ccccc2)cc1)OC[C@H]1OC(=O)N[C@@H]1CN1CCN(c2ccccc2)CC1. The molecule has 7 heteroatoms. The van der Waals surface area contributed by atoms with E-state index in [1.807, 2.05) is 48.5 Å². The molecule has 5 rings (SSSR count). The first-order valence-corrected chi connectivity index (χ1v) is 12.4. The minimum atomic E-state index is -0.492. The van der Waals surface area contributed by atoms with Crippen molar-refractivity contribution in [2.24, 2.45) is 0 Å². The average molecular weight is 486 g/mol.